The van der Waals surface area contributed by atoms with E-state index in [4.69, 9.17) is 5.73 Å². The third-order valence-corrected chi connectivity index (χ3v) is 1.13. The van der Waals surface area contributed by atoms with Gasteiger partial charge in [0.25, 0.3) is 0 Å². The van der Waals surface area contributed by atoms with Crippen LogP contribution < -0.4 is 11.1 Å². The summed E-state index contributed by atoms with van der Waals surface area (Å²) in [5.74, 6) is -0.531. The Kier molecular flexibility index (Phi) is 2.86. The van der Waals surface area contributed by atoms with Gasteiger partial charge in [0.1, 0.15) is 5.54 Å². The number of amides is 2. The number of carbonyl (C=O) groups excluding carboxylic acids is 2. The third-order valence-electron chi connectivity index (χ3n) is 1.13. The molecular formula is C6H12N2O3. The molecule has 0 fully saturated rings. The van der Waals surface area contributed by atoms with Crippen molar-refractivity contribution in [2.45, 2.75) is 19.4 Å². The second kappa shape index (κ2) is 3.23. The molecular weight excluding hydrogens is 148 g/mol. The van der Waals surface area contributed by atoms with Crippen LogP contribution in [0.5, 0.6) is 0 Å². The Hall–Kier alpha value is -1.26. The van der Waals surface area contributed by atoms with Gasteiger partial charge in [0.15, 0.2) is 0 Å². The van der Waals surface area contributed by atoms with Gasteiger partial charge in [-0.3, -0.25) is 0 Å². The van der Waals surface area contributed by atoms with Crippen molar-refractivity contribution in [3.05, 3.63) is 0 Å². The van der Waals surface area contributed by atoms with Gasteiger partial charge in [0, 0.05) is 0 Å². The predicted octanol–water partition coefficient (Wildman–Crippen LogP) is -0.394. The highest BCUT2D eigenvalue weighted by molar-refractivity contribution is 5.85. The highest BCUT2D eigenvalue weighted by Gasteiger charge is 2.29. The van der Waals surface area contributed by atoms with E-state index in [1.807, 2.05) is 0 Å². The first-order valence-electron chi connectivity index (χ1n) is 3.06. The van der Waals surface area contributed by atoms with Crippen molar-refractivity contribution in [3.63, 3.8) is 0 Å². The summed E-state index contributed by atoms with van der Waals surface area (Å²) < 4.78 is 4.41. The maximum Gasteiger partial charge on any atom is 0.331 e. The molecule has 0 saturated heterocycles. The number of rotatable bonds is 2. The number of hydrogen-bond donors (Lipinski definition) is 2. The zero-order valence-electron chi connectivity index (χ0n) is 6.80. The first-order chi connectivity index (χ1) is 4.90. The predicted molar refractivity (Wildman–Crippen MR) is 38.8 cm³/mol. The molecule has 3 N–H and O–H groups in total. The number of primary amides is 1. The van der Waals surface area contributed by atoms with Crippen LogP contribution in [-0.2, 0) is 9.53 Å². The Bertz CT molecular complexity index is 177. The van der Waals surface area contributed by atoms with Crippen LogP contribution in [0.3, 0.4) is 0 Å². The zero-order chi connectivity index (χ0) is 9.07. The fourth-order valence-corrected chi connectivity index (χ4v) is 0.614. The highest BCUT2D eigenvalue weighted by atomic mass is 16.5. The van der Waals surface area contributed by atoms with E-state index >= 15 is 0 Å². The number of esters is 1. The number of nitrogens with two attached hydrogens (primary N) is 1. The second-order valence-electron chi connectivity index (χ2n) is 2.61. The van der Waals surface area contributed by atoms with Gasteiger partial charge in [-0.05, 0) is 13.8 Å². The topological polar surface area (TPSA) is 81.4 Å². The smallest absolute Gasteiger partial charge is 0.331 e. The minimum atomic E-state index is -1.05. The lowest BCUT2D eigenvalue weighted by molar-refractivity contribution is -0.146. The fraction of sp³-hybridized carbons (Fsp3) is 0.667. The average Bonchev–Trinajstić information content (AvgIpc) is 1.83. The van der Waals surface area contributed by atoms with Gasteiger partial charge >= 0.3 is 12.0 Å². The van der Waals surface area contributed by atoms with E-state index in [1.165, 1.54) is 21.0 Å². The Labute approximate surface area is 64.9 Å². The van der Waals surface area contributed by atoms with Gasteiger partial charge in [-0.25, -0.2) is 9.59 Å². The molecule has 0 aliphatic heterocycles. The number of nitrogens with one attached hydrogen (secondary N) is 1. The molecule has 0 aromatic heterocycles. The van der Waals surface area contributed by atoms with Crippen molar-refractivity contribution in [2.24, 2.45) is 5.73 Å². The molecule has 0 bridgehead atoms. The van der Waals surface area contributed by atoms with E-state index < -0.39 is 17.5 Å². The molecule has 11 heavy (non-hydrogen) atoms. The van der Waals surface area contributed by atoms with Crippen LogP contribution in [0.1, 0.15) is 13.8 Å². The monoisotopic (exact) mass is 160 g/mol. The Morgan fingerprint density at radius 2 is 1.91 bits per heavy atom. The molecule has 0 aromatic rings. The normalized spacial score (nSPS) is 10.5. The standard InChI is InChI=1S/C6H12N2O3/c1-6(2,4(9)11-3)8-5(7)10/h1-3H3,(H3,7,8,10). The summed E-state index contributed by atoms with van der Waals surface area (Å²) in [6.45, 7) is 3.01. The maximum absolute atomic E-state index is 10.9. The molecule has 0 aliphatic rings. The van der Waals surface area contributed by atoms with Crippen LogP contribution in [-0.4, -0.2) is 24.6 Å². The summed E-state index contributed by atoms with van der Waals surface area (Å²) >= 11 is 0. The van der Waals surface area contributed by atoms with Gasteiger partial charge in [-0.1, -0.05) is 0 Å². The molecule has 0 radical (unpaired) electrons. The first-order valence-corrected chi connectivity index (χ1v) is 3.06. The van der Waals surface area contributed by atoms with E-state index in [0.717, 1.165) is 0 Å². The van der Waals surface area contributed by atoms with Gasteiger partial charge in [-0.15, -0.1) is 0 Å². The Morgan fingerprint density at radius 1 is 1.45 bits per heavy atom. The number of hydrogen-bond acceptors (Lipinski definition) is 3. The van der Waals surface area contributed by atoms with E-state index in [0.29, 0.717) is 0 Å². The van der Waals surface area contributed by atoms with E-state index in [9.17, 15) is 9.59 Å². The molecule has 0 heterocycles. The van der Waals surface area contributed by atoms with Crippen molar-refractivity contribution in [3.8, 4) is 0 Å². The van der Waals surface area contributed by atoms with Crippen LogP contribution >= 0.6 is 0 Å². The molecule has 0 spiro atoms. The van der Waals surface area contributed by atoms with Crippen molar-refractivity contribution in [2.75, 3.05) is 7.11 Å². The molecule has 5 heteroatoms. The van der Waals surface area contributed by atoms with Crippen molar-refractivity contribution in [1.82, 2.24) is 5.32 Å². The van der Waals surface area contributed by atoms with Crippen molar-refractivity contribution < 1.29 is 14.3 Å². The summed E-state index contributed by atoms with van der Waals surface area (Å²) in [5.41, 5.74) is 3.76. The maximum atomic E-state index is 10.9. The number of urea groups is 1. The average molecular weight is 160 g/mol. The lowest BCUT2D eigenvalue weighted by atomic mass is 10.1. The Morgan fingerprint density at radius 3 is 2.18 bits per heavy atom. The van der Waals surface area contributed by atoms with Gasteiger partial charge in [0.05, 0.1) is 7.11 Å². The molecule has 5 nitrogen and oxygen atoms in total. The fourth-order valence-electron chi connectivity index (χ4n) is 0.614. The van der Waals surface area contributed by atoms with Crippen LogP contribution in [0.15, 0.2) is 0 Å². The highest BCUT2D eigenvalue weighted by Crippen LogP contribution is 2.02. The van der Waals surface area contributed by atoms with Crippen LogP contribution in [0, 0.1) is 0 Å². The van der Waals surface area contributed by atoms with Gasteiger partial charge in [0.2, 0.25) is 0 Å². The minimum Gasteiger partial charge on any atom is -0.467 e. The van der Waals surface area contributed by atoms with Crippen molar-refractivity contribution >= 4 is 12.0 Å². The Balaban J connectivity index is 4.21. The summed E-state index contributed by atoms with van der Waals surface area (Å²) in [7, 11) is 1.24. The molecule has 0 aromatic carbocycles. The number of ether oxygens (including phenoxy) is 1. The largest absolute Gasteiger partial charge is 0.467 e. The minimum absolute atomic E-state index is 0.531. The van der Waals surface area contributed by atoms with E-state index in [-0.39, 0.29) is 0 Å². The lowest BCUT2D eigenvalue weighted by Crippen LogP contribution is -2.52. The summed E-state index contributed by atoms with van der Waals surface area (Å²) in [4.78, 5) is 21.2. The molecule has 64 valence electrons. The van der Waals surface area contributed by atoms with Gasteiger partial charge in [-0.2, -0.15) is 0 Å². The number of carbonyl (C=O) groups is 2. The zero-order valence-corrected chi connectivity index (χ0v) is 6.80. The van der Waals surface area contributed by atoms with Crippen LogP contribution in [0.4, 0.5) is 4.79 Å². The summed E-state index contributed by atoms with van der Waals surface area (Å²) in [6.07, 6.45) is 0. The van der Waals surface area contributed by atoms with Crippen LogP contribution in [0.2, 0.25) is 0 Å². The van der Waals surface area contributed by atoms with Crippen LogP contribution in [0.25, 0.3) is 0 Å². The third kappa shape index (κ3) is 2.88. The lowest BCUT2D eigenvalue weighted by Gasteiger charge is -2.21. The van der Waals surface area contributed by atoms with E-state index in [1.54, 1.807) is 0 Å². The molecule has 0 aliphatic carbocycles. The summed E-state index contributed by atoms with van der Waals surface area (Å²) in [6, 6.07) is -0.750. The molecule has 2 amide bonds. The quantitative estimate of drug-likeness (QED) is 0.539. The van der Waals surface area contributed by atoms with E-state index in [2.05, 4.69) is 10.1 Å². The molecule has 0 rings (SSSR count). The summed E-state index contributed by atoms with van der Waals surface area (Å²) in [5, 5.41) is 2.23. The van der Waals surface area contributed by atoms with Crippen molar-refractivity contribution in [1.29, 1.82) is 0 Å². The molecule has 0 unspecified atom stereocenters. The number of methoxy groups -OCH3 is 1. The molecule has 0 atom stereocenters. The second-order valence-corrected chi connectivity index (χ2v) is 2.61. The first kappa shape index (κ1) is 9.74. The van der Waals surface area contributed by atoms with Gasteiger partial charge < -0.3 is 15.8 Å². The molecule has 0 saturated carbocycles. The SMILES string of the molecule is COC(=O)C(C)(C)NC(N)=O.